The van der Waals surface area contributed by atoms with E-state index in [1.54, 1.807) is 18.2 Å². The molecule has 13 N–H and O–H groups in total. The highest BCUT2D eigenvalue weighted by molar-refractivity contribution is 5.99. The number of phenols is 6. The SMILES string of the molecule is CCN(CC)CCNC(=O)c1cnc2cc(NC(=O)NCCOCCOCCNC(=O)C(CCCNC(=O)c3cccc(O)c3O)(CCCNC(=O)c3cccc(O)c3O)CCCNC(=O)c3cccc(O)c3O)ccc2n1. The first-order valence-corrected chi connectivity index (χ1v) is 25.7. The molecule has 1 heterocycles. The molecule has 0 aliphatic heterocycles. The van der Waals surface area contributed by atoms with Crippen LogP contribution in [-0.4, -0.2) is 166 Å². The number of nitrogens with zero attached hydrogens (tertiary/aromatic N) is 3. The van der Waals surface area contributed by atoms with Crippen molar-refractivity contribution in [3.05, 3.63) is 101 Å². The molecule has 5 aromatic rings. The van der Waals surface area contributed by atoms with Crippen molar-refractivity contribution in [1.29, 1.82) is 0 Å². The summed E-state index contributed by atoms with van der Waals surface area (Å²) < 4.78 is 11.3. The molecular weight excluding hydrogens is 1010 g/mol. The maximum absolute atomic E-state index is 14.4. The van der Waals surface area contributed by atoms with E-state index >= 15 is 0 Å². The Bertz CT molecular complexity index is 2660. The number of rotatable bonds is 32. The van der Waals surface area contributed by atoms with Crippen LogP contribution in [0.15, 0.2) is 79.0 Å². The van der Waals surface area contributed by atoms with E-state index in [4.69, 9.17) is 9.47 Å². The van der Waals surface area contributed by atoms with Crippen molar-refractivity contribution in [2.75, 3.05) is 90.6 Å². The van der Waals surface area contributed by atoms with E-state index < -0.39 is 63.7 Å². The zero-order valence-electron chi connectivity index (χ0n) is 43.7. The van der Waals surface area contributed by atoms with Gasteiger partial charge in [0.1, 0.15) is 5.69 Å². The number of likely N-dealkylation sites (N-methyl/N-ethyl adjacent to an activating group) is 1. The predicted molar refractivity (Wildman–Crippen MR) is 288 cm³/mol. The second-order valence-electron chi connectivity index (χ2n) is 18.0. The number of fused-ring (bicyclic) bond motifs is 1. The number of hydrogen-bond acceptors (Lipinski definition) is 17. The first kappa shape index (κ1) is 60.4. The molecule has 0 spiro atoms. The number of ether oxygens (including phenoxy) is 2. The van der Waals surface area contributed by atoms with Gasteiger partial charge in [0.15, 0.2) is 34.5 Å². The summed E-state index contributed by atoms with van der Waals surface area (Å²) >= 11 is 0. The highest BCUT2D eigenvalue weighted by Gasteiger charge is 2.37. The highest BCUT2D eigenvalue weighted by atomic mass is 16.5. The molecule has 5 rings (SSSR count). The second kappa shape index (κ2) is 30.9. The zero-order valence-corrected chi connectivity index (χ0v) is 43.7. The lowest BCUT2D eigenvalue weighted by Crippen LogP contribution is -2.44. The summed E-state index contributed by atoms with van der Waals surface area (Å²) in [5, 5.41) is 79.8. The van der Waals surface area contributed by atoms with Crippen LogP contribution in [0, 0.1) is 5.41 Å². The van der Waals surface area contributed by atoms with Gasteiger partial charge in [-0.1, -0.05) is 32.0 Å². The van der Waals surface area contributed by atoms with Crippen molar-refractivity contribution in [2.24, 2.45) is 5.41 Å². The molecule has 0 atom stereocenters. The lowest BCUT2D eigenvalue weighted by atomic mass is 9.74. The maximum atomic E-state index is 14.4. The van der Waals surface area contributed by atoms with Gasteiger partial charge in [0.25, 0.3) is 23.6 Å². The second-order valence-corrected chi connectivity index (χ2v) is 18.0. The zero-order chi connectivity index (χ0) is 56.5. The molecule has 78 heavy (non-hydrogen) atoms. The summed E-state index contributed by atoms with van der Waals surface area (Å²) in [4.78, 5) is 89.5. The summed E-state index contributed by atoms with van der Waals surface area (Å²) in [5.74, 6) is -5.88. The Morgan fingerprint density at radius 3 is 1.46 bits per heavy atom. The monoisotopic (exact) mass is 1080 g/mol. The van der Waals surface area contributed by atoms with E-state index in [0.29, 0.717) is 23.3 Å². The molecule has 0 fully saturated rings. The number of nitrogens with one attached hydrogen (secondary N) is 7. The lowest BCUT2D eigenvalue weighted by molar-refractivity contribution is -0.133. The fourth-order valence-corrected chi connectivity index (χ4v) is 8.35. The Kier molecular flexibility index (Phi) is 23.9. The van der Waals surface area contributed by atoms with E-state index in [2.05, 4.69) is 65.9 Å². The number of para-hydroxylation sites is 3. The lowest BCUT2D eigenvalue weighted by Gasteiger charge is -2.33. The molecule has 0 bridgehead atoms. The van der Waals surface area contributed by atoms with Crippen LogP contribution in [0.25, 0.3) is 11.0 Å². The highest BCUT2D eigenvalue weighted by Crippen LogP contribution is 2.36. The molecule has 0 saturated carbocycles. The molecule has 1 aromatic heterocycles. The van der Waals surface area contributed by atoms with Crippen LogP contribution in [0.2, 0.25) is 0 Å². The molecule has 24 nitrogen and oxygen atoms in total. The molecule has 0 aliphatic rings. The minimum Gasteiger partial charge on any atom is -0.504 e. The summed E-state index contributed by atoms with van der Waals surface area (Å²) in [6.07, 6.45) is 2.69. The first-order valence-electron chi connectivity index (χ1n) is 25.7. The smallest absolute Gasteiger partial charge is 0.319 e. The van der Waals surface area contributed by atoms with Crippen molar-refractivity contribution in [3.63, 3.8) is 0 Å². The standard InChI is InChI=1S/C54H70N10O14/c1-3-64(4-2)28-25-58-51(74)41-34-61-40-33-35(17-18-39(40)63-41)62-53(76)60-27-30-78-32-31-77-29-26-59-52(75)54(19-8-22-55-48(71)36-11-5-14-42(65)45(36)68,20-9-23-56-49(72)37-12-6-15-43(66)46(37)69)21-10-24-57-50(73)38-13-7-16-44(67)47(38)70/h5-7,11-18,33-34,65-70H,3-4,8-10,19-32H2,1-2H3,(H,55,71)(H,56,72)(H,57,73)(H,58,74)(H,59,75)(H2,60,62,76). The fraction of sp³-hybridized carbons (Fsp3) is 0.407. The summed E-state index contributed by atoms with van der Waals surface area (Å²) in [6, 6.07) is 16.4. The summed E-state index contributed by atoms with van der Waals surface area (Å²) in [7, 11) is 0. The Balaban J connectivity index is 1.11. The van der Waals surface area contributed by atoms with E-state index in [-0.39, 0.29) is 132 Å². The largest absolute Gasteiger partial charge is 0.504 e. The van der Waals surface area contributed by atoms with Crippen molar-refractivity contribution in [2.45, 2.75) is 52.4 Å². The van der Waals surface area contributed by atoms with Crippen LogP contribution in [-0.2, 0) is 14.3 Å². The maximum Gasteiger partial charge on any atom is 0.319 e. The van der Waals surface area contributed by atoms with E-state index in [1.165, 1.54) is 60.8 Å². The van der Waals surface area contributed by atoms with Gasteiger partial charge in [-0.2, -0.15) is 0 Å². The topological polar surface area (TPSA) is 355 Å². The molecule has 4 aromatic carbocycles. The van der Waals surface area contributed by atoms with E-state index in [9.17, 15) is 59.4 Å². The van der Waals surface area contributed by atoms with Crippen molar-refractivity contribution in [1.82, 2.24) is 46.8 Å². The van der Waals surface area contributed by atoms with E-state index in [1.807, 2.05) is 0 Å². The van der Waals surface area contributed by atoms with Crippen molar-refractivity contribution >= 4 is 52.3 Å². The van der Waals surface area contributed by atoms with Gasteiger partial charge < -0.3 is 82.2 Å². The fourth-order valence-electron chi connectivity index (χ4n) is 8.35. The number of anilines is 1. The number of carbonyl (C=O) groups excluding carboxylic acids is 6. The molecule has 420 valence electrons. The Labute approximate surface area is 451 Å². The van der Waals surface area contributed by atoms with Crippen LogP contribution < -0.4 is 37.2 Å². The molecule has 7 amide bonds. The van der Waals surface area contributed by atoms with Gasteiger partial charge in [0.05, 0.1) is 60.3 Å². The third-order valence-electron chi connectivity index (χ3n) is 12.7. The normalized spacial score (nSPS) is 11.2. The van der Waals surface area contributed by atoms with Crippen LogP contribution in [0.3, 0.4) is 0 Å². The molecule has 0 unspecified atom stereocenters. The number of carbonyl (C=O) groups is 6. The van der Waals surface area contributed by atoms with Crippen LogP contribution in [0.1, 0.15) is 93.9 Å². The van der Waals surface area contributed by atoms with Crippen molar-refractivity contribution < 1.29 is 68.9 Å². The number of hydrogen-bond donors (Lipinski definition) is 13. The summed E-state index contributed by atoms with van der Waals surface area (Å²) in [5.41, 5.74) is 0.0113. The van der Waals surface area contributed by atoms with Crippen LogP contribution >= 0.6 is 0 Å². The third kappa shape index (κ3) is 18.1. The minimum atomic E-state index is -1.17. The molecule has 24 heteroatoms. The Morgan fingerprint density at radius 2 is 0.987 bits per heavy atom. The van der Waals surface area contributed by atoms with Gasteiger partial charge in [-0.15, -0.1) is 0 Å². The molecule has 0 aliphatic carbocycles. The van der Waals surface area contributed by atoms with Crippen LogP contribution in [0.4, 0.5) is 10.5 Å². The minimum absolute atomic E-state index is 0.0511. The number of aromatic hydroxyl groups is 6. The van der Waals surface area contributed by atoms with Gasteiger partial charge in [-0.05, 0) is 106 Å². The number of amides is 7. The quantitative estimate of drug-likeness (QED) is 0.0215. The van der Waals surface area contributed by atoms with E-state index in [0.717, 1.165) is 19.6 Å². The number of urea groups is 1. The number of aromatic nitrogens is 2. The van der Waals surface area contributed by atoms with Gasteiger partial charge in [-0.25, -0.2) is 9.78 Å². The van der Waals surface area contributed by atoms with Crippen molar-refractivity contribution in [3.8, 4) is 34.5 Å². The predicted octanol–water partition coefficient (Wildman–Crippen LogP) is 3.82. The third-order valence-corrected chi connectivity index (χ3v) is 12.7. The average molecular weight is 1080 g/mol. The van der Waals surface area contributed by atoms with Gasteiger partial charge in [0.2, 0.25) is 5.91 Å². The molecule has 0 saturated heterocycles. The van der Waals surface area contributed by atoms with Gasteiger partial charge in [0, 0.05) is 56.9 Å². The summed E-state index contributed by atoms with van der Waals surface area (Å²) in [6.45, 7) is 8.08. The molecular formula is C54H70N10O14. The van der Waals surface area contributed by atoms with Gasteiger partial charge >= 0.3 is 6.03 Å². The average Bonchev–Trinajstić information content (AvgIpc) is 3.45. The van der Waals surface area contributed by atoms with Crippen LogP contribution in [0.5, 0.6) is 34.5 Å². The first-order chi connectivity index (χ1) is 37.6. The number of phenolic OH excluding ortho intramolecular Hbond substituents is 6. The van der Waals surface area contributed by atoms with Gasteiger partial charge in [-0.3, -0.25) is 29.0 Å². The Hall–Kier alpha value is -8.48. The Morgan fingerprint density at radius 1 is 0.526 bits per heavy atom. The molecule has 0 radical (unpaired) electrons. The number of benzene rings is 4.